The third-order valence-electron chi connectivity index (χ3n) is 3.59. The van der Waals surface area contributed by atoms with Crippen molar-refractivity contribution in [2.45, 2.75) is 17.8 Å². The summed E-state index contributed by atoms with van der Waals surface area (Å²) < 4.78 is 2.05. The Labute approximate surface area is 137 Å². The lowest BCUT2D eigenvalue weighted by Crippen LogP contribution is -1.84. The highest BCUT2D eigenvalue weighted by Crippen LogP contribution is 2.22. The summed E-state index contributed by atoms with van der Waals surface area (Å²) in [6.45, 7) is 2.07. The lowest BCUT2D eigenvalue weighted by molar-refractivity contribution is 0.972. The van der Waals surface area contributed by atoms with Gasteiger partial charge < -0.3 is 4.40 Å². The molecular formula is C17H15N5S. The topological polar surface area (TPSA) is 58.9 Å². The van der Waals surface area contributed by atoms with Gasteiger partial charge in [-0.05, 0) is 18.6 Å². The van der Waals surface area contributed by atoms with E-state index in [2.05, 4.69) is 43.8 Å². The second kappa shape index (κ2) is 5.89. The highest BCUT2D eigenvalue weighted by molar-refractivity contribution is 7.98. The molecule has 3 aromatic heterocycles. The Morgan fingerprint density at radius 3 is 2.78 bits per heavy atom. The molecule has 1 aromatic carbocycles. The summed E-state index contributed by atoms with van der Waals surface area (Å²) in [5.74, 6) is 1.53. The predicted molar refractivity (Wildman–Crippen MR) is 91.3 cm³/mol. The van der Waals surface area contributed by atoms with E-state index >= 15 is 0 Å². The Bertz CT molecular complexity index is 942. The molecule has 6 heteroatoms. The molecule has 4 aromatic rings. The number of rotatable bonds is 4. The Balaban J connectivity index is 1.50. The highest BCUT2D eigenvalue weighted by Gasteiger charge is 2.08. The molecule has 0 spiro atoms. The number of hydrogen-bond donors (Lipinski definition) is 1. The fourth-order valence-corrected chi connectivity index (χ4v) is 3.13. The van der Waals surface area contributed by atoms with Crippen molar-refractivity contribution in [1.29, 1.82) is 0 Å². The van der Waals surface area contributed by atoms with Crippen molar-refractivity contribution in [3.05, 3.63) is 66.1 Å². The third-order valence-corrected chi connectivity index (χ3v) is 4.47. The fraction of sp³-hybridized carbons (Fsp3) is 0.118. The number of nitrogens with one attached hydrogen (secondary N) is 1. The molecule has 0 amide bonds. The van der Waals surface area contributed by atoms with Crippen LogP contribution >= 0.6 is 11.8 Å². The molecule has 0 radical (unpaired) electrons. The van der Waals surface area contributed by atoms with Crippen LogP contribution in [0.3, 0.4) is 0 Å². The number of pyridine rings is 1. The molecule has 3 heterocycles. The summed E-state index contributed by atoms with van der Waals surface area (Å²) >= 11 is 1.58. The molecule has 23 heavy (non-hydrogen) atoms. The van der Waals surface area contributed by atoms with Gasteiger partial charge in [-0.1, -0.05) is 48.2 Å². The molecular weight excluding hydrogens is 306 g/mol. The standard InChI is InChI=1S/C17H15N5S/c1-12-6-5-9-22-10-14(18-16(12)22)11-23-17-19-15(20-21-17)13-7-3-2-4-8-13/h2-10H,11H2,1H3,(H,19,20,21). The van der Waals surface area contributed by atoms with Gasteiger partial charge in [-0.2, -0.15) is 0 Å². The summed E-state index contributed by atoms with van der Waals surface area (Å²) in [7, 11) is 0. The zero-order chi connectivity index (χ0) is 15.6. The smallest absolute Gasteiger partial charge is 0.209 e. The van der Waals surface area contributed by atoms with Crippen LogP contribution in [0.1, 0.15) is 11.3 Å². The van der Waals surface area contributed by atoms with Crippen molar-refractivity contribution in [3.63, 3.8) is 0 Å². The van der Waals surface area contributed by atoms with Crippen LogP contribution < -0.4 is 0 Å². The van der Waals surface area contributed by atoms with Crippen molar-refractivity contribution < 1.29 is 0 Å². The van der Waals surface area contributed by atoms with Crippen molar-refractivity contribution >= 4 is 17.4 Å². The molecule has 0 saturated carbocycles. The number of aromatic nitrogens is 5. The van der Waals surface area contributed by atoms with Crippen molar-refractivity contribution in [2.24, 2.45) is 0 Å². The molecule has 0 bridgehead atoms. The maximum absolute atomic E-state index is 4.67. The van der Waals surface area contributed by atoms with Crippen LogP contribution in [0.15, 0.2) is 60.0 Å². The third kappa shape index (κ3) is 2.85. The monoisotopic (exact) mass is 321 g/mol. The average molecular weight is 321 g/mol. The van der Waals surface area contributed by atoms with E-state index in [1.807, 2.05) is 42.6 Å². The fourth-order valence-electron chi connectivity index (χ4n) is 2.45. The van der Waals surface area contributed by atoms with Crippen LogP contribution in [0.25, 0.3) is 17.0 Å². The normalized spacial score (nSPS) is 11.2. The molecule has 0 aliphatic heterocycles. The van der Waals surface area contributed by atoms with Crippen LogP contribution in [0.4, 0.5) is 0 Å². The number of imidazole rings is 1. The predicted octanol–water partition coefficient (Wildman–Crippen LogP) is 3.72. The van der Waals surface area contributed by atoms with E-state index < -0.39 is 0 Å². The van der Waals surface area contributed by atoms with Crippen LogP contribution in [0, 0.1) is 6.92 Å². The van der Waals surface area contributed by atoms with Gasteiger partial charge in [0.1, 0.15) is 5.65 Å². The summed E-state index contributed by atoms with van der Waals surface area (Å²) in [5.41, 5.74) is 4.24. The van der Waals surface area contributed by atoms with Gasteiger partial charge >= 0.3 is 0 Å². The maximum Gasteiger partial charge on any atom is 0.209 e. The first kappa shape index (κ1) is 14.0. The molecule has 0 aliphatic rings. The molecule has 4 rings (SSSR count). The van der Waals surface area contributed by atoms with Gasteiger partial charge in [-0.3, -0.25) is 5.10 Å². The Hall–Kier alpha value is -2.60. The number of H-pyrrole nitrogens is 1. The van der Waals surface area contributed by atoms with Crippen LogP contribution in [0.5, 0.6) is 0 Å². The summed E-state index contributed by atoms with van der Waals surface area (Å²) in [6, 6.07) is 14.1. The quantitative estimate of drug-likeness (QED) is 0.582. The number of aryl methyl sites for hydroxylation is 1. The Morgan fingerprint density at radius 2 is 1.96 bits per heavy atom. The Morgan fingerprint density at radius 1 is 1.09 bits per heavy atom. The first-order valence-electron chi connectivity index (χ1n) is 7.33. The van der Waals surface area contributed by atoms with Crippen molar-refractivity contribution in [3.8, 4) is 11.4 Å². The number of thioether (sulfide) groups is 1. The largest absolute Gasteiger partial charge is 0.307 e. The highest BCUT2D eigenvalue weighted by atomic mass is 32.2. The van der Waals surface area contributed by atoms with E-state index in [-0.39, 0.29) is 0 Å². The minimum atomic E-state index is 0.734. The second-order valence-corrected chi connectivity index (χ2v) is 6.22. The minimum absolute atomic E-state index is 0.734. The summed E-state index contributed by atoms with van der Waals surface area (Å²) in [4.78, 5) is 9.20. The van der Waals surface area contributed by atoms with E-state index in [0.29, 0.717) is 0 Å². The van der Waals surface area contributed by atoms with Gasteiger partial charge in [0.05, 0.1) is 5.69 Å². The minimum Gasteiger partial charge on any atom is -0.307 e. The van der Waals surface area contributed by atoms with E-state index in [1.54, 1.807) is 11.8 Å². The summed E-state index contributed by atoms with van der Waals surface area (Å²) in [5, 5.41) is 7.99. The van der Waals surface area contributed by atoms with Crippen molar-refractivity contribution in [2.75, 3.05) is 0 Å². The van der Waals surface area contributed by atoms with Crippen molar-refractivity contribution in [1.82, 2.24) is 24.6 Å². The van der Waals surface area contributed by atoms with Gasteiger partial charge in [-0.25, -0.2) is 9.97 Å². The molecule has 0 atom stereocenters. The van der Waals surface area contributed by atoms with Crippen LogP contribution in [-0.4, -0.2) is 24.6 Å². The molecule has 0 fully saturated rings. The van der Waals surface area contributed by atoms with Crippen LogP contribution in [-0.2, 0) is 5.75 Å². The maximum atomic E-state index is 4.67. The zero-order valence-corrected chi connectivity index (χ0v) is 13.4. The first-order chi connectivity index (χ1) is 11.3. The van der Waals surface area contributed by atoms with Gasteiger partial charge in [0.15, 0.2) is 5.82 Å². The average Bonchev–Trinajstić information content (AvgIpc) is 3.21. The molecule has 114 valence electrons. The van der Waals surface area contributed by atoms with E-state index in [0.717, 1.165) is 33.6 Å². The van der Waals surface area contributed by atoms with E-state index in [1.165, 1.54) is 5.56 Å². The van der Waals surface area contributed by atoms with E-state index in [4.69, 9.17) is 0 Å². The molecule has 1 N–H and O–H groups in total. The Kier molecular flexibility index (Phi) is 3.59. The zero-order valence-electron chi connectivity index (χ0n) is 12.6. The van der Waals surface area contributed by atoms with Crippen LogP contribution in [0.2, 0.25) is 0 Å². The number of benzene rings is 1. The van der Waals surface area contributed by atoms with Gasteiger partial charge in [0, 0.05) is 23.7 Å². The lowest BCUT2D eigenvalue weighted by Gasteiger charge is -1.94. The first-order valence-corrected chi connectivity index (χ1v) is 8.32. The molecule has 0 saturated heterocycles. The number of aromatic amines is 1. The van der Waals surface area contributed by atoms with E-state index in [9.17, 15) is 0 Å². The number of nitrogens with zero attached hydrogens (tertiary/aromatic N) is 4. The summed E-state index contributed by atoms with van der Waals surface area (Å²) in [6.07, 6.45) is 4.07. The molecule has 5 nitrogen and oxygen atoms in total. The number of hydrogen-bond acceptors (Lipinski definition) is 4. The molecule has 0 aliphatic carbocycles. The lowest BCUT2D eigenvalue weighted by atomic mass is 10.2. The van der Waals surface area contributed by atoms with Gasteiger partial charge in [-0.15, -0.1) is 5.10 Å². The number of fused-ring (bicyclic) bond motifs is 1. The molecule has 0 unspecified atom stereocenters. The van der Waals surface area contributed by atoms with Gasteiger partial charge in [0.25, 0.3) is 0 Å². The SMILES string of the molecule is Cc1cccn2cc(CSc3n[nH]c(-c4ccccc4)n3)nc12. The van der Waals surface area contributed by atoms with Gasteiger partial charge in [0.2, 0.25) is 5.16 Å². The second-order valence-electron chi connectivity index (χ2n) is 5.28.